The molecule has 1 fully saturated rings. The lowest BCUT2D eigenvalue weighted by molar-refractivity contribution is 0.278. The van der Waals surface area contributed by atoms with Gasteiger partial charge in [0.05, 0.1) is 5.92 Å². The maximum Gasteiger partial charge on any atom is 0.436 e. The number of hydrogen-bond acceptors (Lipinski definition) is 5. The number of rotatable bonds is 5. The quantitative estimate of drug-likeness (QED) is 0.557. The summed E-state index contributed by atoms with van der Waals surface area (Å²) in [5, 5.41) is 3.17. The number of hydrogen-bond donors (Lipinski definition) is 0. The first-order valence-electron chi connectivity index (χ1n) is 10.7. The third-order valence-electron chi connectivity index (χ3n) is 6.23. The Morgan fingerprint density at radius 2 is 1.85 bits per heavy atom. The fraction of sp³-hybridized carbons (Fsp3) is 0.391. The standard InChI is InChI=1S/C23H25F2N3O4S/c1-14-9-10-21(16-7-5-4-6-8-16)33(30,31)28(14)13-17-11-20(25)18(12-19(17)24)15(2)22-26-27(3)23(29)32-22/h4-8,11-12,14-15,21H,9-10,13H2,1-3H3/t14-,15?,21+/m0/s1. The zero-order chi connectivity index (χ0) is 23.9. The van der Waals surface area contributed by atoms with Crippen LogP contribution in [-0.4, -0.2) is 28.5 Å². The van der Waals surface area contributed by atoms with Gasteiger partial charge in [-0.2, -0.15) is 8.99 Å². The molecule has 3 aromatic rings. The molecule has 4 rings (SSSR count). The zero-order valence-electron chi connectivity index (χ0n) is 18.5. The van der Waals surface area contributed by atoms with Crippen LogP contribution in [0.1, 0.15) is 60.4 Å². The summed E-state index contributed by atoms with van der Waals surface area (Å²) in [6, 6.07) is 10.6. The third-order valence-corrected chi connectivity index (χ3v) is 8.60. The lowest BCUT2D eigenvalue weighted by Crippen LogP contribution is -2.44. The van der Waals surface area contributed by atoms with E-state index >= 15 is 4.39 Å². The van der Waals surface area contributed by atoms with Crippen LogP contribution in [0.4, 0.5) is 8.78 Å². The minimum absolute atomic E-state index is 0.0326. The topological polar surface area (TPSA) is 85.4 Å². The van der Waals surface area contributed by atoms with Gasteiger partial charge in [0.1, 0.15) is 16.9 Å². The number of aromatic nitrogens is 2. The number of halogens is 2. The molecule has 176 valence electrons. The molecular weight excluding hydrogens is 452 g/mol. The van der Waals surface area contributed by atoms with Gasteiger partial charge in [0.15, 0.2) is 0 Å². The number of benzene rings is 2. The zero-order valence-corrected chi connectivity index (χ0v) is 19.4. The highest BCUT2D eigenvalue weighted by Gasteiger charge is 2.40. The van der Waals surface area contributed by atoms with Crippen LogP contribution in [0.25, 0.3) is 0 Å². The third kappa shape index (κ3) is 4.37. The van der Waals surface area contributed by atoms with Gasteiger partial charge >= 0.3 is 5.76 Å². The highest BCUT2D eigenvalue weighted by molar-refractivity contribution is 7.89. The Labute approximate surface area is 190 Å². The first-order valence-corrected chi connectivity index (χ1v) is 12.2. The van der Waals surface area contributed by atoms with Crippen LogP contribution in [0.5, 0.6) is 0 Å². The van der Waals surface area contributed by atoms with Crippen LogP contribution in [-0.2, 0) is 23.6 Å². The second-order valence-corrected chi connectivity index (χ2v) is 10.5. The van der Waals surface area contributed by atoms with Gasteiger partial charge in [-0.05, 0) is 44.4 Å². The average molecular weight is 478 g/mol. The smallest absolute Gasteiger partial charge is 0.392 e. The van der Waals surface area contributed by atoms with Crippen molar-refractivity contribution in [2.45, 2.75) is 50.4 Å². The van der Waals surface area contributed by atoms with Crippen LogP contribution >= 0.6 is 0 Å². The molecule has 0 aliphatic carbocycles. The van der Waals surface area contributed by atoms with Gasteiger partial charge in [-0.15, -0.1) is 5.10 Å². The molecule has 1 aliphatic heterocycles. The molecule has 1 saturated heterocycles. The second-order valence-electron chi connectivity index (χ2n) is 8.43. The Morgan fingerprint density at radius 3 is 2.48 bits per heavy atom. The molecule has 3 atom stereocenters. The van der Waals surface area contributed by atoms with Gasteiger partial charge in [0.25, 0.3) is 0 Å². The highest BCUT2D eigenvalue weighted by atomic mass is 32.2. The molecule has 0 N–H and O–H groups in total. The minimum Gasteiger partial charge on any atom is -0.392 e. The summed E-state index contributed by atoms with van der Waals surface area (Å²) >= 11 is 0. The number of sulfonamides is 1. The summed E-state index contributed by atoms with van der Waals surface area (Å²) in [6.45, 7) is 3.04. The average Bonchev–Trinajstić information content (AvgIpc) is 3.11. The van der Waals surface area contributed by atoms with E-state index in [2.05, 4.69) is 5.10 Å². The van der Waals surface area contributed by atoms with E-state index in [0.29, 0.717) is 18.4 Å². The summed E-state index contributed by atoms with van der Waals surface area (Å²) in [7, 11) is -2.39. The lowest BCUT2D eigenvalue weighted by atomic mass is 9.98. The Kier molecular flexibility index (Phi) is 6.24. The van der Waals surface area contributed by atoms with E-state index in [1.807, 2.05) is 6.07 Å². The predicted molar refractivity (Wildman–Crippen MR) is 118 cm³/mol. The lowest BCUT2D eigenvalue weighted by Gasteiger charge is -2.37. The van der Waals surface area contributed by atoms with Crippen molar-refractivity contribution in [3.05, 3.63) is 87.2 Å². The molecule has 0 spiro atoms. The van der Waals surface area contributed by atoms with E-state index in [1.165, 1.54) is 11.4 Å². The van der Waals surface area contributed by atoms with Gasteiger partial charge in [0.2, 0.25) is 15.9 Å². The molecule has 0 radical (unpaired) electrons. The van der Waals surface area contributed by atoms with Crippen molar-refractivity contribution in [1.29, 1.82) is 0 Å². The molecule has 0 amide bonds. The number of nitrogens with zero attached hydrogens (tertiary/aromatic N) is 3. The Balaban J connectivity index is 1.64. The van der Waals surface area contributed by atoms with Crippen molar-refractivity contribution in [2.24, 2.45) is 7.05 Å². The van der Waals surface area contributed by atoms with Gasteiger partial charge in [-0.3, -0.25) is 0 Å². The van der Waals surface area contributed by atoms with Crippen molar-refractivity contribution >= 4 is 10.0 Å². The second kappa shape index (κ2) is 8.83. The molecule has 1 unspecified atom stereocenters. The summed E-state index contributed by atoms with van der Waals surface area (Å²) in [5.74, 6) is -3.00. The summed E-state index contributed by atoms with van der Waals surface area (Å²) in [4.78, 5) is 11.5. The van der Waals surface area contributed by atoms with Crippen LogP contribution in [0.2, 0.25) is 0 Å². The molecule has 1 aromatic heterocycles. The Hall–Kier alpha value is -2.85. The van der Waals surface area contributed by atoms with Crippen LogP contribution in [0, 0.1) is 11.6 Å². The molecule has 2 aromatic carbocycles. The van der Waals surface area contributed by atoms with Gasteiger partial charge < -0.3 is 4.42 Å². The van der Waals surface area contributed by atoms with Crippen molar-refractivity contribution in [3.63, 3.8) is 0 Å². The largest absolute Gasteiger partial charge is 0.436 e. The summed E-state index contributed by atoms with van der Waals surface area (Å²) in [5.41, 5.74) is 0.590. The normalized spacial score (nSPS) is 21.7. The molecule has 0 bridgehead atoms. The van der Waals surface area contributed by atoms with E-state index in [4.69, 9.17) is 4.42 Å². The van der Waals surface area contributed by atoms with E-state index in [0.717, 1.165) is 16.8 Å². The molecule has 10 heteroatoms. The van der Waals surface area contributed by atoms with Crippen molar-refractivity contribution in [3.8, 4) is 0 Å². The number of aryl methyl sites for hydroxylation is 1. The van der Waals surface area contributed by atoms with Crippen molar-refractivity contribution in [1.82, 2.24) is 14.1 Å². The maximum absolute atomic E-state index is 15.0. The van der Waals surface area contributed by atoms with E-state index < -0.39 is 38.6 Å². The molecule has 7 nitrogen and oxygen atoms in total. The molecule has 1 aliphatic rings. The fourth-order valence-corrected chi connectivity index (χ4v) is 6.44. The summed E-state index contributed by atoms with van der Waals surface area (Å²) in [6.07, 6.45) is 1.07. The van der Waals surface area contributed by atoms with Gasteiger partial charge in [-0.1, -0.05) is 30.3 Å². The Morgan fingerprint density at radius 1 is 1.15 bits per heavy atom. The van der Waals surface area contributed by atoms with E-state index in [9.17, 15) is 17.6 Å². The van der Waals surface area contributed by atoms with Crippen LogP contribution in [0.15, 0.2) is 51.7 Å². The first kappa shape index (κ1) is 23.3. The van der Waals surface area contributed by atoms with Gasteiger partial charge in [-0.25, -0.2) is 22.0 Å². The van der Waals surface area contributed by atoms with Gasteiger partial charge in [0, 0.05) is 30.8 Å². The van der Waals surface area contributed by atoms with Crippen LogP contribution in [0.3, 0.4) is 0 Å². The molecule has 33 heavy (non-hydrogen) atoms. The SMILES string of the molecule is CC(c1nn(C)c(=O)o1)c1cc(F)c(CN2[C@@H](C)CC[C@H](c3ccccc3)S2(=O)=O)cc1F. The predicted octanol–water partition coefficient (Wildman–Crippen LogP) is 3.86. The van der Waals surface area contributed by atoms with Crippen molar-refractivity contribution in [2.75, 3.05) is 0 Å². The first-order chi connectivity index (χ1) is 15.6. The molecule has 0 saturated carbocycles. The van der Waals surface area contributed by atoms with Crippen molar-refractivity contribution < 1.29 is 21.6 Å². The highest BCUT2D eigenvalue weighted by Crippen LogP contribution is 2.38. The fourth-order valence-electron chi connectivity index (χ4n) is 4.25. The minimum atomic E-state index is -3.78. The maximum atomic E-state index is 15.0. The monoisotopic (exact) mass is 477 g/mol. The Bertz CT molecular complexity index is 1320. The van der Waals surface area contributed by atoms with E-state index in [1.54, 1.807) is 38.1 Å². The van der Waals surface area contributed by atoms with Crippen LogP contribution < -0.4 is 5.76 Å². The molecule has 2 heterocycles. The summed E-state index contributed by atoms with van der Waals surface area (Å²) < 4.78 is 64.0. The molecular formula is C23H25F2N3O4S. The van der Waals surface area contributed by atoms with E-state index in [-0.39, 0.29) is 29.6 Å².